The molecule has 0 aromatic heterocycles. The van der Waals surface area contributed by atoms with Crippen LogP contribution >= 0.6 is 0 Å². The fraction of sp³-hybridized carbons (Fsp3) is 0.500. The number of primary amides is 1. The second kappa shape index (κ2) is 3.68. The van der Waals surface area contributed by atoms with Gasteiger partial charge in [0.05, 0.1) is 4.91 Å². The van der Waals surface area contributed by atoms with Crippen LogP contribution in [0.5, 0.6) is 0 Å². The highest BCUT2D eigenvalue weighted by atomic mass is 32.2. The average Bonchev–Trinajstić information content (AvgIpc) is 1.85. The highest BCUT2D eigenvalue weighted by Gasteiger charge is 2.17. The summed E-state index contributed by atoms with van der Waals surface area (Å²) in [6, 6.07) is 0. The standard InChI is InChI=1S/C6H11NO4S/c1-3-5(12(9,10)11)4(2)6(7)8/h3H2,1-2H3,(H2,7,8)(H,9,10,11)/b5-4+. The van der Waals surface area contributed by atoms with E-state index < -0.39 is 16.0 Å². The van der Waals surface area contributed by atoms with E-state index in [-0.39, 0.29) is 16.9 Å². The van der Waals surface area contributed by atoms with E-state index in [2.05, 4.69) is 0 Å². The topological polar surface area (TPSA) is 97.5 Å². The van der Waals surface area contributed by atoms with Crippen LogP contribution in [-0.4, -0.2) is 18.9 Å². The Morgan fingerprint density at radius 1 is 1.50 bits per heavy atom. The first-order valence-corrected chi connectivity index (χ1v) is 4.71. The fourth-order valence-corrected chi connectivity index (χ4v) is 1.63. The minimum atomic E-state index is -4.28. The Morgan fingerprint density at radius 3 is 2.00 bits per heavy atom. The molecule has 0 bridgehead atoms. The summed E-state index contributed by atoms with van der Waals surface area (Å²) in [5.41, 5.74) is 4.71. The Morgan fingerprint density at radius 2 is 1.92 bits per heavy atom. The maximum Gasteiger partial charge on any atom is 0.291 e. The zero-order chi connectivity index (χ0) is 9.94. The lowest BCUT2D eigenvalue weighted by molar-refractivity contribution is -0.114. The lowest BCUT2D eigenvalue weighted by atomic mass is 10.2. The number of carbonyl (C=O) groups is 1. The monoisotopic (exact) mass is 193 g/mol. The molecule has 0 aliphatic rings. The number of hydrogen-bond donors (Lipinski definition) is 2. The molecule has 0 aromatic rings. The molecule has 0 rings (SSSR count). The van der Waals surface area contributed by atoms with E-state index in [9.17, 15) is 13.2 Å². The highest BCUT2D eigenvalue weighted by molar-refractivity contribution is 7.89. The summed E-state index contributed by atoms with van der Waals surface area (Å²) < 4.78 is 29.8. The van der Waals surface area contributed by atoms with Gasteiger partial charge in [-0.25, -0.2) is 0 Å². The molecule has 0 aliphatic carbocycles. The van der Waals surface area contributed by atoms with E-state index in [0.717, 1.165) is 0 Å². The smallest absolute Gasteiger partial charge is 0.291 e. The van der Waals surface area contributed by atoms with E-state index in [1.807, 2.05) is 0 Å². The van der Waals surface area contributed by atoms with Crippen molar-refractivity contribution in [3.63, 3.8) is 0 Å². The third-order valence-corrected chi connectivity index (χ3v) is 2.64. The third-order valence-electron chi connectivity index (χ3n) is 1.42. The van der Waals surface area contributed by atoms with E-state index in [0.29, 0.717) is 0 Å². The first-order chi connectivity index (χ1) is 5.30. The number of amides is 1. The molecule has 0 radical (unpaired) electrons. The molecule has 6 heteroatoms. The number of rotatable bonds is 3. The van der Waals surface area contributed by atoms with E-state index in [1.165, 1.54) is 13.8 Å². The molecular formula is C6H11NO4S. The molecule has 0 heterocycles. The summed E-state index contributed by atoms with van der Waals surface area (Å²) in [4.78, 5) is 10.2. The van der Waals surface area contributed by atoms with Gasteiger partial charge in [-0.1, -0.05) is 6.92 Å². The van der Waals surface area contributed by atoms with Crippen LogP contribution in [0.2, 0.25) is 0 Å². The number of carbonyl (C=O) groups excluding carboxylic acids is 1. The van der Waals surface area contributed by atoms with Crippen LogP contribution in [-0.2, 0) is 14.9 Å². The molecule has 1 amide bonds. The molecule has 0 saturated heterocycles. The molecule has 0 fully saturated rings. The predicted octanol–water partition coefficient (Wildman–Crippen LogP) is 0.0435. The highest BCUT2D eigenvalue weighted by Crippen LogP contribution is 2.13. The van der Waals surface area contributed by atoms with Crippen molar-refractivity contribution >= 4 is 16.0 Å². The molecule has 0 aliphatic heterocycles. The SMILES string of the molecule is CC/C(=C(/C)C(N)=O)S(=O)(=O)O. The van der Waals surface area contributed by atoms with Gasteiger partial charge in [-0.15, -0.1) is 0 Å². The predicted molar refractivity (Wildman–Crippen MR) is 43.7 cm³/mol. The van der Waals surface area contributed by atoms with Gasteiger partial charge in [-0.05, 0) is 13.3 Å². The largest absolute Gasteiger partial charge is 0.366 e. The van der Waals surface area contributed by atoms with Crippen molar-refractivity contribution in [3.8, 4) is 0 Å². The first kappa shape index (κ1) is 11.1. The van der Waals surface area contributed by atoms with Gasteiger partial charge >= 0.3 is 0 Å². The third kappa shape index (κ3) is 2.63. The van der Waals surface area contributed by atoms with Gasteiger partial charge in [-0.3, -0.25) is 9.35 Å². The van der Waals surface area contributed by atoms with Gasteiger partial charge in [0.1, 0.15) is 0 Å². The van der Waals surface area contributed by atoms with Crippen LogP contribution < -0.4 is 5.73 Å². The van der Waals surface area contributed by atoms with Crippen molar-refractivity contribution in [2.24, 2.45) is 5.73 Å². The van der Waals surface area contributed by atoms with E-state index in [4.69, 9.17) is 10.3 Å². The molecular weight excluding hydrogens is 182 g/mol. The van der Waals surface area contributed by atoms with Crippen LogP contribution in [0.3, 0.4) is 0 Å². The fourth-order valence-electron chi connectivity index (χ4n) is 0.778. The van der Waals surface area contributed by atoms with Crippen LogP contribution in [0.1, 0.15) is 20.3 Å². The van der Waals surface area contributed by atoms with E-state index >= 15 is 0 Å². The lowest BCUT2D eigenvalue weighted by Crippen LogP contribution is -2.16. The molecule has 0 saturated carbocycles. The van der Waals surface area contributed by atoms with Crippen molar-refractivity contribution in [1.82, 2.24) is 0 Å². The van der Waals surface area contributed by atoms with Crippen molar-refractivity contribution in [1.29, 1.82) is 0 Å². The van der Waals surface area contributed by atoms with E-state index in [1.54, 1.807) is 0 Å². The Labute approximate surface area is 71.0 Å². The zero-order valence-electron chi connectivity index (χ0n) is 6.86. The first-order valence-electron chi connectivity index (χ1n) is 3.27. The zero-order valence-corrected chi connectivity index (χ0v) is 7.68. The summed E-state index contributed by atoms with van der Waals surface area (Å²) >= 11 is 0. The minimum absolute atomic E-state index is 0.0492. The number of hydrogen-bond acceptors (Lipinski definition) is 3. The Bertz CT molecular complexity index is 314. The van der Waals surface area contributed by atoms with Crippen LogP contribution in [0.4, 0.5) is 0 Å². The summed E-state index contributed by atoms with van der Waals surface area (Å²) in [5, 5.41) is 0. The molecule has 0 unspecified atom stereocenters. The second-order valence-electron chi connectivity index (χ2n) is 2.24. The maximum atomic E-state index is 10.6. The molecule has 0 spiro atoms. The molecule has 3 N–H and O–H groups in total. The second-order valence-corrected chi connectivity index (χ2v) is 3.68. The van der Waals surface area contributed by atoms with Gasteiger partial charge in [0.25, 0.3) is 10.1 Å². The van der Waals surface area contributed by atoms with Crippen LogP contribution in [0, 0.1) is 0 Å². The van der Waals surface area contributed by atoms with Crippen molar-refractivity contribution in [2.75, 3.05) is 0 Å². The van der Waals surface area contributed by atoms with Gasteiger partial charge in [0, 0.05) is 5.57 Å². The van der Waals surface area contributed by atoms with Gasteiger partial charge in [0.2, 0.25) is 5.91 Å². The molecule has 5 nitrogen and oxygen atoms in total. The molecule has 0 aromatic carbocycles. The quantitative estimate of drug-likeness (QED) is 0.488. The molecule has 70 valence electrons. The van der Waals surface area contributed by atoms with Crippen LogP contribution in [0.15, 0.2) is 10.5 Å². The van der Waals surface area contributed by atoms with Crippen molar-refractivity contribution in [3.05, 3.63) is 10.5 Å². The lowest BCUT2D eigenvalue weighted by Gasteiger charge is -2.02. The van der Waals surface area contributed by atoms with Crippen molar-refractivity contribution < 1.29 is 17.8 Å². The summed E-state index contributed by atoms with van der Waals surface area (Å²) in [6.07, 6.45) is 0.0492. The minimum Gasteiger partial charge on any atom is -0.366 e. The Hall–Kier alpha value is -0.880. The van der Waals surface area contributed by atoms with Gasteiger partial charge in [-0.2, -0.15) is 8.42 Å². The molecule has 12 heavy (non-hydrogen) atoms. The average molecular weight is 193 g/mol. The number of nitrogens with two attached hydrogens (primary N) is 1. The summed E-state index contributed by atoms with van der Waals surface area (Å²) in [7, 11) is -4.28. The van der Waals surface area contributed by atoms with Crippen molar-refractivity contribution in [2.45, 2.75) is 20.3 Å². The van der Waals surface area contributed by atoms with Crippen LogP contribution in [0.25, 0.3) is 0 Å². The molecule has 0 atom stereocenters. The normalized spacial score (nSPS) is 13.9. The number of allylic oxidation sites excluding steroid dienone is 1. The summed E-state index contributed by atoms with van der Waals surface area (Å²) in [5.74, 6) is -0.843. The Balaban J connectivity index is 5.31. The van der Waals surface area contributed by atoms with Gasteiger partial charge in [0.15, 0.2) is 0 Å². The maximum absolute atomic E-state index is 10.6. The Kier molecular flexibility index (Phi) is 3.41. The summed E-state index contributed by atoms with van der Waals surface area (Å²) in [6.45, 7) is 2.77. The van der Waals surface area contributed by atoms with Gasteiger partial charge < -0.3 is 5.73 Å².